The van der Waals surface area contributed by atoms with E-state index in [1.54, 1.807) is 0 Å². The molecule has 1 aromatic carbocycles. The first-order valence-corrected chi connectivity index (χ1v) is 10.1. The standard InChI is InChI=1S/C22H24F3N3O/c23-22(24,25)17-8-9-20(26-14-17)28-12-10-16(11-13-28)21(29)27-19-7-3-5-15-4-1-2-6-18(15)19/h1-2,4,6,8-9,14,16,19H,3,5,7,10-13H2,(H,27,29)/p+1/t19-/m1/s1. The number of piperidine rings is 1. The Kier molecular flexibility index (Phi) is 5.48. The fraction of sp³-hybridized carbons (Fsp3) is 0.455. The number of nitrogens with one attached hydrogen (secondary N) is 2. The number of hydrogen-bond acceptors (Lipinski definition) is 2. The molecule has 4 nitrogen and oxygen atoms in total. The largest absolute Gasteiger partial charge is 0.419 e. The Morgan fingerprint density at radius 2 is 1.83 bits per heavy atom. The third-order valence-corrected chi connectivity index (χ3v) is 6.02. The van der Waals surface area contributed by atoms with Gasteiger partial charge >= 0.3 is 6.18 Å². The van der Waals surface area contributed by atoms with E-state index in [2.05, 4.69) is 22.4 Å². The molecule has 2 aromatic rings. The molecule has 1 aromatic heterocycles. The second-order valence-corrected chi connectivity index (χ2v) is 7.87. The monoisotopic (exact) mass is 404 g/mol. The molecule has 0 bridgehead atoms. The maximum atomic E-state index is 12.8. The van der Waals surface area contributed by atoms with Crippen LogP contribution in [-0.4, -0.2) is 19.0 Å². The van der Waals surface area contributed by atoms with Gasteiger partial charge in [0.1, 0.15) is 6.20 Å². The molecule has 1 aliphatic heterocycles. The molecular weight excluding hydrogens is 379 g/mol. The molecule has 4 rings (SSSR count). The van der Waals surface area contributed by atoms with Crippen molar-refractivity contribution in [3.05, 3.63) is 59.3 Å². The van der Waals surface area contributed by atoms with Crippen molar-refractivity contribution in [3.8, 4) is 0 Å². The Morgan fingerprint density at radius 1 is 1.07 bits per heavy atom. The summed E-state index contributed by atoms with van der Waals surface area (Å²) in [4.78, 5) is 17.6. The number of nitrogens with zero attached hydrogens (tertiary/aromatic N) is 1. The Hall–Kier alpha value is -2.57. The molecule has 1 aliphatic carbocycles. The molecule has 0 saturated carbocycles. The number of hydrogen-bond donors (Lipinski definition) is 1. The highest BCUT2D eigenvalue weighted by molar-refractivity contribution is 5.79. The average molecular weight is 404 g/mol. The van der Waals surface area contributed by atoms with Crippen molar-refractivity contribution in [2.24, 2.45) is 5.92 Å². The molecule has 0 radical (unpaired) electrons. The fourth-order valence-corrected chi connectivity index (χ4v) is 4.37. The number of benzene rings is 1. The van der Waals surface area contributed by atoms with Crippen molar-refractivity contribution in [2.75, 3.05) is 18.0 Å². The number of amides is 1. The molecule has 2 aliphatic rings. The first-order valence-electron chi connectivity index (χ1n) is 10.1. The van der Waals surface area contributed by atoms with Crippen molar-refractivity contribution in [1.29, 1.82) is 0 Å². The summed E-state index contributed by atoms with van der Waals surface area (Å²) in [6.45, 7) is 1.28. The van der Waals surface area contributed by atoms with Gasteiger partial charge in [0, 0.05) is 12.0 Å². The number of carbonyl (C=O) groups is 1. The lowest BCUT2D eigenvalue weighted by Gasteiger charge is -2.30. The van der Waals surface area contributed by atoms with Crippen molar-refractivity contribution >= 4 is 11.7 Å². The molecule has 2 heterocycles. The molecule has 1 atom stereocenters. The lowest BCUT2D eigenvalue weighted by atomic mass is 9.87. The zero-order valence-corrected chi connectivity index (χ0v) is 16.1. The molecule has 29 heavy (non-hydrogen) atoms. The molecular formula is C22H25F3N3O+. The summed E-state index contributed by atoms with van der Waals surface area (Å²) in [5.74, 6) is 0.676. The topological polar surface area (TPSA) is 46.5 Å². The van der Waals surface area contributed by atoms with Crippen LogP contribution in [0.2, 0.25) is 0 Å². The molecule has 1 amide bonds. The number of pyridine rings is 1. The second-order valence-electron chi connectivity index (χ2n) is 7.87. The van der Waals surface area contributed by atoms with Gasteiger partial charge in [0.25, 0.3) is 5.82 Å². The number of rotatable bonds is 3. The zero-order chi connectivity index (χ0) is 20.4. The average Bonchev–Trinajstić information content (AvgIpc) is 2.73. The van der Waals surface area contributed by atoms with E-state index in [0.717, 1.165) is 31.5 Å². The first kappa shape index (κ1) is 19.7. The Labute approximate surface area is 168 Å². The van der Waals surface area contributed by atoms with E-state index in [4.69, 9.17) is 0 Å². The zero-order valence-electron chi connectivity index (χ0n) is 16.1. The van der Waals surface area contributed by atoms with Crippen LogP contribution in [0.4, 0.5) is 19.0 Å². The Morgan fingerprint density at radius 3 is 2.52 bits per heavy atom. The Bertz CT molecular complexity index is 858. The summed E-state index contributed by atoms with van der Waals surface area (Å²) < 4.78 is 38.1. The number of carbonyl (C=O) groups excluding carboxylic acids is 1. The highest BCUT2D eigenvalue weighted by Crippen LogP contribution is 2.31. The first-order chi connectivity index (χ1) is 13.9. The van der Waals surface area contributed by atoms with E-state index in [-0.39, 0.29) is 17.9 Å². The molecule has 0 unspecified atom stereocenters. The van der Waals surface area contributed by atoms with Gasteiger partial charge in [-0.1, -0.05) is 24.3 Å². The van der Waals surface area contributed by atoms with Crippen molar-refractivity contribution in [3.63, 3.8) is 0 Å². The van der Waals surface area contributed by atoms with Crippen LogP contribution in [0.25, 0.3) is 0 Å². The van der Waals surface area contributed by atoms with Crippen LogP contribution in [0.3, 0.4) is 0 Å². The number of alkyl halides is 3. The summed E-state index contributed by atoms with van der Waals surface area (Å²) in [7, 11) is 0. The molecule has 1 fully saturated rings. The van der Waals surface area contributed by atoms with E-state index in [9.17, 15) is 18.0 Å². The van der Waals surface area contributed by atoms with E-state index in [0.29, 0.717) is 31.7 Å². The van der Waals surface area contributed by atoms with E-state index in [1.165, 1.54) is 17.2 Å². The van der Waals surface area contributed by atoms with Gasteiger partial charge in [-0.3, -0.25) is 9.69 Å². The van der Waals surface area contributed by atoms with Crippen LogP contribution in [-0.2, 0) is 17.4 Å². The summed E-state index contributed by atoms with van der Waals surface area (Å²) in [6, 6.07) is 10.9. The highest BCUT2D eigenvalue weighted by atomic mass is 19.4. The van der Waals surface area contributed by atoms with Gasteiger partial charge in [-0.15, -0.1) is 0 Å². The number of aromatic amines is 1. The summed E-state index contributed by atoms with van der Waals surface area (Å²) >= 11 is 0. The number of fused-ring (bicyclic) bond motifs is 1. The van der Waals surface area contributed by atoms with Gasteiger partial charge in [0.15, 0.2) is 0 Å². The maximum absolute atomic E-state index is 12.8. The lowest BCUT2D eigenvalue weighted by Crippen LogP contribution is -2.43. The minimum Gasteiger partial charge on any atom is -0.349 e. The van der Waals surface area contributed by atoms with Crippen LogP contribution in [0.5, 0.6) is 0 Å². The van der Waals surface area contributed by atoms with Crippen LogP contribution < -0.4 is 15.2 Å². The minimum absolute atomic E-state index is 0.0604. The summed E-state index contributed by atoms with van der Waals surface area (Å²) in [5, 5.41) is 3.23. The fourth-order valence-electron chi connectivity index (χ4n) is 4.37. The molecule has 1 saturated heterocycles. The lowest BCUT2D eigenvalue weighted by molar-refractivity contribution is -0.367. The normalized spacial score (nSPS) is 20.2. The van der Waals surface area contributed by atoms with Gasteiger partial charge < -0.3 is 5.32 Å². The number of halogens is 3. The van der Waals surface area contributed by atoms with Crippen molar-refractivity contribution in [2.45, 2.75) is 44.3 Å². The number of anilines is 1. The predicted molar refractivity (Wildman–Crippen MR) is 103 cm³/mol. The third kappa shape index (κ3) is 4.38. The highest BCUT2D eigenvalue weighted by Gasteiger charge is 2.34. The minimum atomic E-state index is -4.35. The van der Waals surface area contributed by atoms with Gasteiger partial charge in [-0.05, 0) is 49.3 Å². The molecule has 7 heteroatoms. The molecule has 2 N–H and O–H groups in total. The van der Waals surface area contributed by atoms with Crippen LogP contribution in [0.1, 0.15) is 48.4 Å². The third-order valence-electron chi connectivity index (χ3n) is 6.02. The van der Waals surface area contributed by atoms with E-state index in [1.807, 2.05) is 17.0 Å². The SMILES string of the molecule is O=C(N[C@@H]1CCCc2ccccc21)C1CCN(c2ccc(C(F)(F)F)c[nH+]2)CC1. The van der Waals surface area contributed by atoms with Crippen molar-refractivity contribution < 1.29 is 22.9 Å². The van der Waals surface area contributed by atoms with E-state index < -0.39 is 11.7 Å². The van der Waals surface area contributed by atoms with Crippen LogP contribution in [0, 0.1) is 5.92 Å². The Balaban J connectivity index is 1.33. The summed E-state index contributed by atoms with van der Waals surface area (Å²) in [6.07, 6.45) is 1.12. The van der Waals surface area contributed by atoms with Gasteiger partial charge in [0.05, 0.1) is 24.7 Å². The number of aromatic nitrogens is 1. The van der Waals surface area contributed by atoms with Gasteiger partial charge in [0.2, 0.25) is 5.91 Å². The quantitative estimate of drug-likeness (QED) is 0.843. The van der Waals surface area contributed by atoms with E-state index >= 15 is 0 Å². The number of H-pyrrole nitrogens is 1. The summed E-state index contributed by atoms with van der Waals surface area (Å²) in [5.41, 5.74) is 1.85. The van der Waals surface area contributed by atoms with Crippen molar-refractivity contribution in [1.82, 2.24) is 5.32 Å². The maximum Gasteiger partial charge on any atom is 0.419 e. The van der Waals surface area contributed by atoms with Gasteiger partial charge in [-0.25, -0.2) is 4.98 Å². The molecule has 154 valence electrons. The van der Waals surface area contributed by atoms with Crippen LogP contribution >= 0.6 is 0 Å². The number of aryl methyl sites for hydroxylation is 1. The predicted octanol–water partition coefficient (Wildman–Crippen LogP) is 3.93. The van der Waals surface area contributed by atoms with Gasteiger partial charge in [-0.2, -0.15) is 13.2 Å². The molecule has 0 spiro atoms. The smallest absolute Gasteiger partial charge is 0.349 e. The van der Waals surface area contributed by atoms with Crippen LogP contribution in [0.15, 0.2) is 42.6 Å². The second kappa shape index (κ2) is 8.05.